The zero-order valence-corrected chi connectivity index (χ0v) is 9.45. The van der Waals surface area contributed by atoms with E-state index in [-0.39, 0.29) is 5.92 Å². The minimum atomic E-state index is 0.186. The van der Waals surface area contributed by atoms with Gasteiger partial charge in [-0.1, -0.05) is 6.92 Å². The second-order valence-corrected chi connectivity index (χ2v) is 3.98. The molecule has 14 heavy (non-hydrogen) atoms. The van der Waals surface area contributed by atoms with Crippen LogP contribution in [0.4, 0.5) is 0 Å². The molecule has 0 saturated carbocycles. The number of rotatable bonds is 4. The number of hydrogen-bond donors (Lipinski definition) is 0. The monoisotopic (exact) mass is 199 g/mol. The van der Waals surface area contributed by atoms with E-state index in [0.717, 1.165) is 26.3 Å². The molecular weight excluding hydrogens is 178 g/mol. The molecule has 3 heteroatoms. The molecule has 1 aliphatic heterocycles. The Labute approximate surface area is 86.4 Å². The van der Waals surface area contributed by atoms with Gasteiger partial charge in [0.15, 0.2) is 0 Å². The van der Waals surface area contributed by atoms with Crippen molar-refractivity contribution in [2.24, 2.45) is 5.92 Å². The molecule has 0 aromatic rings. The molecule has 82 valence electrons. The Hall–Kier alpha value is -0.410. The van der Waals surface area contributed by atoms with Crippen molar-refractivity contribution in [3.8, 4) is 0 Å². The maximum Gasteiger partial charge on any atom is 0.138 e. The molecule has 0 amide bonds. The van der Waals surface area contributed by atoms with Gasteiger partial charge in [0.25, 0.3) is 0 Å². The summed E-state index contributed by atoms with van der Waals surface area (Å²) in [7, 11) is 0. The Morgan fingerprint density at radius 1 is 1.50 bits per heavy atom. The molecule has 0 bridgehead atoms. The van der Waals surface area contributed by atoms with Crippen molar-refractivity contribution < 1.29 is 9.53 Å². The van der Waals surface area contributed by atoms with Gasteiger partial charge in [0, 0.05) is 38.1 Å². The minimum Gasteiger partial charge on any atom is -0.380 e. The third kappa shape index (κ3) is 2.79. The standard InChI is InChI=1S/C11H21NO2/c1-4-14-8-7-12-6-5-11(13)9(2)10(12)3/h9-10H,4-8H2,1-3H3. The van der Waals surface area contributed by atoms with Crippen LogP contribution in [0.5, 0.6) is 0 Å². The molecule has 0 aromatic heterocycles. The van der Waals surface area contributed by atoms with Crippen molar-refractivity contribution in [3.05, 3.63) is 0 Å². The predicted molar refractivity (Wildman–Crippen MR) is 56.3 cm³/mol. The number of nitrogens with zero attached hydrogens (tertiary/aromatic N) is 1. The zero-order chi connectivity index (χ0) is 10.6. The number of likely N-dealkylation sites (tertiary alicyclic amines) is 1. The van der Waals surface area contributed by atoms with E-state index in [1.807, 2.05) is 13.8 Å². The van der Waals surface area contributed by atoms with Crippen molar-refractivity contribution in [1.29, 1.82) is 0 Å². The first kappa shape index (κ1) is 11.7. The molecule has 0 aromatic carbocycles. The van der Waals surface area contributed by atoms with Gasteiger partial charge in [0.2, 0.25) is 0 Å². The summed E-state index contributed by atoms with van der Waals surface area (Å²) in [6.45, 7) is 9.57. The first-order valence-electron chi connectivity index (χ1n) is 5.51. The van der Waals surface area contributed by atoms with Crippen LogP contribution in [0.2, 0.25) is 0 Å². The van der Waals surface area contributed by atoms with Gasteiger partial charge in [0.1, 0.15) is 5.78 Å². The molecule has 0 N–H and O–H groups in total. The maximum atomic E-state index is 11.4. The van der Waals surface area contributed by atoms with Gasteiger partial charge >= 0.3 is 0 Å². The smallest absolute Gasteiger partial charge is 0.138 e. The third-order valence-corrected chi connectivity index (χ3v) is 3.18. The van der Waals surface area contributed by atoms with Crippen LogP contribution in [-0.2, 0) is 9.53 Å². The van der Waals surface area contributed by atoms with Crippen molar-refractivity contribution in [1.82, 2.24) is 4.90 Å². The number of carbonyl (C=O) groups excluding carboxylic acids is 1. The van der Waals surface area contributed by atoms with E-state index < -0.39 is 0 Å². The molecule has 0 spiro atoms. The quantitative estimate of drug-likeness (QED) is 0.640. The summed E-state index contributed by atoms with van der Waals surface area (Å²) in [5, 5.41) is 0. The first-order valence-corrected chi connectivity index (χ1v) is 5.51. The molecule has 3 nitrogen and oxygen atoms in total. The van der Waals surface area contributed by atoms with Gasteiger partial charge in [0.05, 0.1) is 6.61 Å². The Balaban J connectivity index is 2.35. The van der Waals surface area contributed by atoms with Crippen LogP contribution in [0.3, 0.4) is 0 Å². The lowest BCUT2D eigenvalue weighted by atomic mass is 9.91. The second kappa shape index (κ2) is 5.47. The van der Waals surface area contributed by atoms with E-state index in [4.69, 9.17) is 4.74 Å². The Morgan fingerprint density at radius 3 is 2.86 bits per heavy atom. The summed E-state index contributed by atoms with van der Waals surface area (Å²) < 4.78 is 5.32. The molecule has 2 atom stereocenters. The SMILES string of the molecule is CCOCCN1CCC(=O)C(C)C1C. The summed E-state index contributed by atoms with van der Waals surface area (Å²) >= 11 is 0. The Morgan fingerprint density at radius 2 is 2.21 bits per heavy atom. The summed E-state index contributed by atoms with van der Waals surface area (Å²) in [6, 6.07) is 0.372. The summed E-state index contributed by atoms with van der Waals surface area (Å²) in [5.41, 5.74) is 0. The van der Waals surface area contributed by atoms with Crippen LogP contribution < -0.4 is 0 Å². The third-order valence-electron chi connectivity index (χ3n) is 3.18. The molecular formula is C11H21NO2. The number of piperidine rings is 1. The fourth-order valence-electron chi connectivity index (χ4n) is 1.91. The molecule has 1 fully saturated rings. The van der Waals surface area contributed by atoms with Crippen LogP contribution in [0, 0.1) is 5.92 Å². The molecule has 2 unspecified atom stereocenters. The molecule has 1 heterocycles. The van der Waals surface area contributed by atoms with Gasteiger partial charge < -0.3 is 4.74 Å². The van der Waals surface area contributed by atoms with Crippen LogP contribution in [0.25, 0.3) is 0 Å². The average molecular weight is 199 g/mol. The van der Waals surface area contributed by atoms with Gasteiger partial charge in [-0.05, 0) is 13.8 Å². The highest BCUT2D eigenvalue weighted by atomic mass is 16.5. The van der Waals surface area contributed by atoms with Crippen LogP contribution in [-0.4, -0.2) is 43.0 Å². The first-order chi connectivity index (χ1) is 6.66. The van der Waals surface area contributed by atoms with Crippen LogP contribution in [0.1, 0.15) is 27.2 Å². The number of hydrogen-bond acceptors (Lipinski definition) is 3. The maximum absolute atomic E-state index is 11.4. The highest BCUT2D eigenvalue weighted by molar-refractivity contribution is 5.82. The van der Waals surface area contributed by atoms with E-state index in [2.05, 4.69) is 11.8 Å². The molecule has 0 aliphatic carbocycles. The van der Waals surface area contributed by atoms with Crippen LogP contribution >= 0.6 is 0 Å². The fourth-order valence-corrected chi connectivity index (χ4v) is 1.91. The van der Waals surface area contributed by atoms with Gasteiger partial charge in [-0.15, -0.1) is 0 Å². The number of ketones is 1. The minimum absolute atomic E-state index is 0.186. The second-order valence-electron chi connectivity index (χ2n) is 3.98. The van der Waals surface area contributed by atoms with Crippen molar-refractivity contribution in [2.45, 2.75) is 33.2 Å². The molecule has 1 aliphatic rings. The fraction of sp³-hybridized carbons (Fsp3) is 0.909. The molecule has 0 radical (unpaired) electrons. The number of carbonyl (C=O) groups is 1. The summed E-state index contributed by atoms with van der Waals surface area (Å²) in [5.74, 6) is 0.593. The average Bonchev–Trinajstić information content (AvgIpc) is 2.18. The number of Topliss-reactive ketones (excluding diaryl/α,β-unsaturated/α-hetero) is 1. The van der Waals surface area contributed by atoms with Crippen molar-refractivity contribution >= 4 is 5.78 Å². The molecule has 1 saturated heterocycles. The highest BCUT2D eigenvalue weighted by Gasteiger charge is 2.30. The van der Waals surface area contributed by atoms with Gasteiger partial charge in [-0.3, -0.25) is 9.69 Å². The summed E-state index contributed by atoms with van der Waals surface area (Å²) in [6.07, 6.45) is 0.706. The largest absolute Gasteiger partial charge is 0.380 e. The predicted octanol–water partition coefficient (Wildman–Crippen LogP) is 1.32. The lowest BCUT2D eigenvalue weighted by Gasteiger charge is -2.36. The van der Waals surface area contributed by atoms with Gasteiger partial charge in [-0.2, -0.15) is 0 Å². The lowest BCUT2D eigenvalue weighted by molar-refractivity contribution is -0.128. The number of ether oxygens (including phenoxy) is 1. The molecule has 1 rings (SSSR count). The van der Waals surface area contributed by atoms with E-state index in [9.17, 15) is 4.79 Å². The van der Waals surface area contributed by atoms with E-state index >= 15 is 0 Å². The normalized spacial score (nSPS) is 29.5. The summed E-state index contributed by atoms with van der Waals surface area (Å²) in [4.78, 5) is 13.8. The Bertz CT molecular complexity index is 194. The van der Waals surface area contributed by atoms with E-state index in [0.29, 0.717) is 18.2 Å². The zero-order valence-electron chi connectivity index (χ0n) is 9.45. The lowest BCUT2D eigenvalue weighted by Crippen LogP contribution is -2.47. The van der Waals surface area contributed by atoms with Crippen molar-refractivity contribution in [3.63, 3.8) is 0 Å². The topological polar surface area (TPSA) is 29.5 Å². The Kier molecular flexibility index (Phi) is 4.55. The van der Waals surface area contributed by atoms with Crippen molar-refractivity contribution in [2.75, 3.05) is 26.3 Å². The van der Waals surface area contributed by atoms with Crippen LogP contribution in [0.15, 0.2) is 0 Å². The van der Waals surface area contributed by atoms with E-state index in [1.54, 1.807) is 0 Å². The van der Waals surface area contributed by atoms with Gasteiger partial charge in [-0.25, -0.2) is 0 Å². The highest BCUT2D eigenvalue weighted by Crippen LogP contribution is 2.19. The van der Waals surface area contributed by atoms with E-state index in [1.165, 1.54) is 0 Å².